The van der Waals surface area contributed by atoms with Crippen LogP contribution in [0.3, 0.4) is 0 Å². The smallest absolute Gasteiger partial charge is 0.222 e. The van der Waals surface area contributed by atoms with Gasteiger partial charge in [0.2, 0.25) is 5.91 Å². The van der Waals surface area contributed by atoms with E-state index in [-0.39, 0.29) is 17.9 Å². The molecule has 0 saturated heterocycles. The number of nitrogens with zero attached hydrogens (tertiary/aromatic N) is 3. The van der Waals surface area contributed by atoms with Gasteiger partial charge in [0.1, 0.15) is 0 Å². The second-order valence-corrected chi connectivity index (χ2v) is 7.78. The van der Waals surface area contributed by atoms with Crippen LogP contribution in [-0.2, 0) is 24.2 Å². The Bertz CT molecular complexity index is 1060. The molecule has 1 atom stereocenters. The van der Waals surface area contributed by atoms with Crippen molar-refractivity contribution in [2.45, 2.75) is 45.7 Å². The van der Waals surface area contributed by atoms with Gasteiger partial charge >= 0.3 is 0 Å². The van der Waals surface area contributed by atoms with E-state index in [1.165, 1.54) is 11.3 Å². The summed E-state index contributed by atoms with van der Waals surface area (Å²) in [6.07, 6.45) is 4.45. The molecule has 2 aromatic heterocycles. The van der Waals surface area contributed by atoms with Crippen molar-refractivity contribution in [2.24, 2.45) is 5.92 Å². The largest absolute Gasteiger partial charge is 0.353 e. The van der Waals surface area contributed by atoms with Gasteiger partial charge in [-0.15, -0.1) is 0 Å². The van der Waals surface area contributed by atoms with Gasteiger partial charge < -0.3 is 9.88 Å². The van der Waals surface area contributed by atoms with Crippen molar-refractivity contribution in [1.29, 1.82) is 5.26 Å². The van der Waals surface area contributed by atoms with Crippen molar-refractivity contribution in [3.05, 3.63) is 65.1 Å². The van der Waals surface area contributed by atoms with Crippen molar-refractivity contribution in [1.82, 2.24) is 14.9 Å². The van der Waals surface area contributed by atoms with Crippen LogP contribution >= 0.6 is 0 Å². The monoisotopic (exact) mass is 372 g/mol. The number of fused-ring (bicyclic) bond motifs is 3. The number of aromatic nitrogens is 2. The molecule has 142 valence electrons. The van der Waals surface area contributed by atoms with Gasteiger partial charge in [0.05, 0.1) is 23.9 Å². The summed E-state index contributed by atoms with van der Waals surface area (Å²) in [4.78, 5) is 16.7. The molecule has 5 nitrogen and oxygen atoms in total. The van der Waals surface area contributed by atoms with Crippen LogP contribution in [0.25, 0.3) is 10.9 Å². The fourth-order valence-electron chi connectivity index (χ4n) is 4.04. The summed E-state index contributed by atoms with van der Waals surface area (Å²) >= 11 is 0. The zero-order valence-corrected chi connectivity index (χ0v) is 16.3. The zero-order chi connectivity index (χ0) is 19.7. The third-order valence-corrected chi connectivity index (χ3v) is 5.51. The molecular formula is C23H24N4O. The highest BCUT2D eigenvalue weighted by Crippen LogP contribution is 2.33. The van der Waals surface area contributed by atoms with Gasteiger partial charge in [0, 0.05) is 34.8 Å². The van der Waals surface area contributed by atoms with Crippen LogP contribution in [0.15, 0.2) is 42.6 Å². The molecule has 1 aliphatic rings. The number of nitrogens with one attached hydrogen (secondary N) is 1. The molecule has 1 N–H and O–H groups in total. The minimum Gasteiger partial charge on any atom is -0.353 e. The van der Waals surface area contributed by atoms with Crippen molar-refractivity contribution in [3.8, 4) is 6.07 Å². The van der Waals surface area contributed by atoms with Crippen LogP contribution < -0.4 is 5.32 Å². The number of hydrogen-bond donors (Lipinski definition) is 1. The summed E-state index contributed by atoms with van der Waals surface area (Å²) in [5.41, 5.74) is 5.36. The molecule has 0 fully saturated rings. The summed E-state index contributed by atoms with van der Waals surface area (Å²) < 4.78 is 2.33. The van der Waals surface area contributed by atoms with E-state index in [2.05, 4.69) is 20.9 Å². The van der Waals surface area contributed by atoms with Gasteiger partial charge in [-0.05, 0) is 55.2 Å². The first kappa shape index (κ1) is 18.2. The van der Waals surface area contributed by atoms with E-state index in [0.717, 1.165) is 35.9 Å². The highest BCUT2D eigenvalue weighted by molar-refractivity contribution is 5.87. The molecule has 2 heterocycles. The van der Waals surface area contributed by atoms with Crippen LogP contribution in [0, 0.1) is 17.2 Å². The van der Waals surface area contributed by atoms with Crippen molar-refractivity contribution in [2.75, 3.05) is 0 Å². The van der Waals surface area contributed by atoms with Gasteiger partial charge in [-0.2, -0.15) is 5.26 Å². The molecule has 0 saturated carbocycles. The first-order valence-electron chi connectivity index (χ1n) is 9.81. The number of amides is 1. The molecule has 28 heavy (non-hydrogen) atoms. The first-order valence-corrected chi connectivity index (χ1v) is 9.81. The third kappa shape index (κ3) is 3.38. The lowest BCUT2D eigenvalue weighted by Gasteiger charge is -2.26. The summed E-state index contributed by atoms with van der Waals surface area (Å²) in [6, 6.07) is 14.3. The van der Waals surface area contributed by atoms with Gasteiger partial charge in [0.15, 0.2) is 0 Å². The Morgan fingerprint density at radius 3 is 2.93 bits per heavy atom. The van der Waals surface area contributed by atoms with Gasteiger partial charge in [-0.3, -0.25) is 9.78 Å². The molecule has 0 aliphatic heterocycles. The second-order valence-electron chi connectivity index (χ2n) is 7.78. The lowest BCUT2D eigenvalue weighted by Crippen LogP contribution is -2.41. The number of rotatable bonds is 4. The quantitative estimate of drug-likeness (QED) is 0.761. The Labute approximate surface area is 165 Å². The number of benzene rings is 1. The number of hydrogen-bond acceptors (Lipinski definition) is 3. The summed E-state index contributed by atoms with van der Waals surface area (Å²) in [5, 5.41) is 13.7. The fraction of sp³-hybridized carbons (Fsp3) is 0.348. The summed E-state index contributed by atoms with van der Waals surface area (Å²) in [5.74, 6) is 0.0838. The lowest BCUT2D eigenvalue weighted by molar-refractivity contribution is -0.124. The Hall–Kier alpha value is -3.13. The minimum atomic E-state index is -0.0166. The third-order valence-electron chi connectivity index (χ3n) is 5.51. The normalized spacial score (nSPS) is 16.0. The topological polar surface area (TPSA) is 70.7 Å². The molecule has 1 aliphatic carbocycles. The second kappa shape index (κ2) is 7.47. The SMILES string of the molecule is CC(C)C(=O)N[C@@H]1CCc2c(c3cc(C#N)ccc3n2Cc2ccccn2)C1. The van der Waals surface area contributed by atoms with Crippen LogP contribution in [0.5, 0.6) is 0 Å². The van der Waals surface area contributed by atoms with Crippen molar-refractivity contribution >= 4 is 16.8 Å². The van der Waals surface area contributed by atoms with E-state index in [9.17, 15) is 10.1 Å². The van der Waals surface area contributed by atoms with E-state index < -0.39 is 0 Å². The molecule has 0 bridgehead atoms. The maximum atomic E-state index is 12.2. The molecule has 0 unspecified atom stereocenters. The predicted molar refractivity (Wildman–Crippen MR) is 109 cm³/mol. The Kier molecular flexibility index (Phi) is 4.87. The standard InChI is InChI=1S/C23H24N4O/c1-15(2)23(28)26-17-7-9-22-20(12-17)19-11-16(13-24)6-8-21(19)27(22)14-18-5-3-4-10-25-18/h3-6,8,10-11,15,17H,7,9,12,14H2,1-2H3,(H,26,28)/t17-/m1/s1. The van der Waals surface area contributed by atoms with Crippen molar-refractivity contribution in [3.63, 3.8) is 0 Å². The number of pyridine rings is 1. The maximum absolute atomic E-state index is 12.2. The molecule has 4 rings (SSSR count). The van der Waals surface area contributed by atoms with E-state index in [0.29, 0.717) is 12.1 Å². The van der Waals surface area contributed by atoms with Crippen LogP contribution in [-0.4, -0.2) is 21.5 Å². The average molecular weight is 372 g/mol. The van der Waals surface area contributed by atoms with Crippen LogP contribution in [0.2, 0.25) is 0 Å². The zero-order valence-electron chi connectivity index (χ0n) is 16.3. The Morgan fingerprint density at radius 2 is 2.21 bits per heavy atom. The predicted octanol–water partition coefficient (Wildman–Crippen LogP) is 3.59. The fourth-order valence-corrected chi connectivity index (χ4v) is 4.04. The minimum absolute atomic E-state index is 0.0166. The van der Waals surface area contributed by atoms with Gasteiger partial charge in [0.25, 0.3) is 0 Å². The molecule has 0 radical (unpaired) electrons. The van der Waals surface area contributed by atoms with Gasteiger partial charge in [-0.1, -0.05) is 19.9 Å². The van der Waals surface area contributed by atoms with Crippen LogP contribution in [0.4, 0.5) is 0 Å². The maximum Gasteiger partial charge on any atom is 0.222 e. The Balaban J connectivity index is 1.76. The van der Waals surface area contributed by atoms with E-state index in [4.69, 9.17) is 0 Å². The first-order chi connectivity index (χ1) is 13.6. The van der Waals surface area contributed by atoms with Crippen LogP contribution in [0.1, 0.15) is 42.8 Å². The molecule has 5 heteroatoms. The van der Waals surface area contributed by atoms with E-state index in [1.54, 1.807) is 0 Å². The number of carbonyl (C=O) groups is 1. The molecule has 0 spiro atoms. The van der Waals surface area contributed by atoms with E-state index >= 15 is 0 Å². The average Bonchev–Trinajstić information content (AvgIpc) is 3.01. The van der Waals surface area contributed by atoms with E-state index in [1.807, 2.05) is 56.4 Å². The summed E-state index contributed by atoms with van der Waals surface area (Å²) in [6.45, 7) is 4.55. The van der Waals surface area contributed by atoms with Crippen molar-refractivity contribution < 1.29 is 4.79 Å². The molecule has 1 aromatic carbocycles. The molecular weight excluding hydrogens is 348 g/mol. The Morgan fingerprint density at radius 1 is 1.36 bits per heavy atom. The van der Waals surface area contributed by atoms with Gasteiger partial charge in [-0.25, -0.2) is 0 Å². The highest BCUT2D eigenvalue weighted by Gasteiger charge is 2.27. The lowest BCUT2D eigenvalue weighted by atomic mass is 9.90. The highest BCUT2D eigenvalue weighted by atomic mass is 16.1. The summed E-state index contributed by atoms with van der Waals surface area (Å²) in [7, 11) is 0. The molecule has 1 amide bonds. The number of carbonyl (C=O) groups excluding carboxylic acids is 1. The molecule has 3 aromatic rings. The number of nitriles is 1.